The van der Waals surface area contributed by atoms with Crippen LogP contribution in [0.3, 0.4) is 0 Å². The topological polar surface area (TPSA) is 71.9 Å². The van der Waals surface area contributed by atoms with Crippen LogP contribution in [-0.2, 0) is 0 Å². The van der Waals surface area contributed by atoms with E-state index in [1.54, 1.807) is 48.7 Å². The van der Waals surface area contributed by atoms with Gasteiger partial charge in [-0.05, 0) is 60.2 Å². The molecule has 0 aliphatic rings. The van der Waals surface area contributed by atoms with Crippen LogP contribution in [0.4, 0.5) is 5.69 Å². The summed E-state index contributed by atoms with van der Waals surface area (Å²) in [6, 6.07) is 23.4. The van der Waals surface area contributed by atoms with E-state index in [2.05, 4.69) is 15.8 Å². The molecule has 0 spiro atoms. The molecular weight excluding hydrogens is 386 g/mol. The van der Waals surface area contributed by atoms with Gasteiger partial charge < -0.3 is 14.8 Å². The molecule has 0 aromatic heterocycles. The molecule has 3 rings (SSSR count). The van der Waals surface area contributed by atoms with Gasteiger partial charge in [-0.2, -0.15) is 5.10 Å². The third-order valence-electron chi connectivity index (χ3n) is 3.81. The van der Waals surface area contributed by atoms with Gasteiger partial charge in [0.1, 0.15) is 0 Å². The minimum atomic E-state index is -0.454. The first-order chi connectivity index (χ1) is 14.2. The normalized spacial score (nSPS) is 10.4. The predicted molar refractivity (Wildman–Crippen MR) is 118 cm³/mol. The number of thiocarbonyl (C=S) groups is 1. The van der Waals surface area contributed by atoms with Gasteiger partial charge in [0.2, 0.25) is 0 Å². The number of benzene rings is 3. The van der Waals surface area contributed by atoms with Crippen molar-refractivity contribution in [2.45, 2.75) is 0 Å². The Morgan fingerprint density at radius 3 is 2.34 bits per heavy atom. The Morgan fingerprint density at radius 2 is 1.66 bits per heavy atom. The van der Waals surface area contributed by atoms with Gasteiger partial charge in [0.25, 0.3) is 0 Å². The monoisotopic (exact) mass is 405 g/mol. The molecule has 0 unspecified atom stereocenters. The van der Waals surface area contributed by atoms with E-state index in [-0.39, 0.29) is 0 Å². The molecule has 0 bridgehead atoms. The van der Waals surface area contributed by atoms with E-state index >= 15 is 0 Å². The summed E-state index contributed by atoms with van der Waals surface area (Å²) in [7, 11) is 1.51. The van der Waals surface area contributed by atoms with E-state index in [9.17, 15) is 4.79 Å². The van der Waals surface area contributed by atoms with Gasteiger partial charge in [0, 0.05) is 5.69 Å². The SMILES string of the molecule is COc1cc(/C=N/NC(=S)Nc2ccccc2)ccc1OC(=O)c1ccccc1. The van der Waals surface area contributed by atoms with Crippen LogP contribution in [0.1, 0.15) is 15.9 Å². The fraction of sp³-hybridized carbons (Fsp3) is 0.0455. The molecule has 2 N–H and O–H groups in total. The fourth-order valence-electron chi connectivity index (χ4n) is 2.43. The quantitative estimate of drug-likeness (QED) is 0.210. The summed E-state index contributed by atoms with van der Waals surface area (Å²) in [6.45, 7) is 0. The zero-order chi connectivity index (χ0) is 20.5. The lowest BCUT2D eigenvalue weighted by Crippen LogP contribution is -2.23. The highest BCUT2D eigenvalue weighted by Gasteiger charge is 2.12. The summed E-state index contributed by atoms with van der Waals surface area (Å²) >= 11 is 5.20. The Balaban J connectivity index is 1.61. The van der Waals surface area contributed by atoms with Gasteiger partial charge in [-0.3, -0.25) is 5.43 Å². The summed E-state index contributed by atoms with van der Waals surface area (Å²) in [5, 5.41) is 7.50. The van der Waals surface area contributed by atoms with Gasteiger partial charge in [0.15, 0.2) is 16.6 Å². The van der Waals surface area contributed by atoms with Crippen LogP contribution in [0, 0.1) is 0 Å². The van der Waals surface area contributed by atoms with Crippen molar-refractivity contribution >= 4 is 35.2 Å². The molecule has 0 aliphatic carbocycles. The Kier molecular flexibility index (Phi) is 6.91. The van der Waals surface area contributed by atoms with Crippen LogP contribution in [0.15, 0.2) is 84.0 Å². The highest BCUT2D eigenvalue weighted by atomic mass is 32.1. The fourth-order valence-corrected chi connectivity index (χ4v) is 2.60. The maximum Gasteiger partial charge on any atom is 0.343 e. The smallest absolute Gasteiger partial charge is 0.343 e. The molecule has 0 aliphatic heterocycles. The molecule has 0 radical (unpaired) electrons. The predicted octanol–water partition coefficient (Wildman–Crippen LogP) is 4.23. The molecule has 3 aromatic carbocycles. The molecule has 29 heavy (non-hydrogen) atoms. The molecule has 0 saturated heterocycles. The lowest BCUT2D eigenvalue weighted by Gasteiger charge is -2.10. The number of hydrogen-bond acceptors (Lipinski definition) is 5. The number of para-hydroxylation sites is 1. The molecule has 0 heterocycles. The number of nitrogens with one attached hydrogen (secondary N) is 2. The van der Waals surface area contributed by atoms with Crippen molar-refractivity contribution in [3.8, 4) is 11.5 Å². The van der Waals surface area contributed by atoms with Crippen molar-refractivity contribution in [2.24, 2.45) is 5.10 Å². The van der Waals surface area contributed by atoms with Crippen molar-refractivity contribution in [1.29, 1.82) is 0 Å². The van der Waals surface area contributed by atoms with Crippen LogP contribution < -0.4 is 20.2 Å². The summed E-state index contributed by atoms with van der Waals surface area (Å²) in [5.74, 6) is 0.292. The van der Waals surface area contributed by atoms with Crippen LogP contribution >= 0.6 is 12.2 Å². The molecular formula is C22H19N3O3S. The van der Waals surface area contributed by atoms with Crippen LogP contribution in [0.25, 0.3) is 0 Å². The van der Waals surface area contributed by atoms with Crippen molar-refractivity contribution < 1.29 is 14.3 Å². The number of methoxy groups -OCH3 is 1. The standard InChI is InChI=1S/C22H19N3O3S/c1-27-20-14-16(15-23-25-22(29)24-18-10-6-3-7-11-18)12-13-19(20)28-21(26)17-8-4-2-5-9-17/h2-15H,1H3,(H2,24,25,29)/b23-15+. The first-order valence-corrected chi connectivity index (χ1v) is 9.17. The van der Waals surface area contributed by atoms with E-state index in [4.69, 9.17) is 21.7 Å². The molecule has 0 atom stereocenters. The number of hydrazone groups is 1. The zero-order valence-electron chi connectivity index (χ0n) is 15.7. The second-order valence-corrected chi connectivity index (χ2v) is 6.26. The zero-order valence-corrected chi connectivity index (χ0v) is 16.5. The number of hydrogen-bond donors (Lipinski definition) is 2. The highest BCUT2D eigenvalue weighted by Crippen LogP contribution is 2.28. The van der Waals surface area contributed by atoms with Gasteiger partial charge in [-0.1, -0.05) is 36.4 Å². The molecule has 0 saturated carbocycles. The van der Waals surface area contributed by atoms with Gasteiger partial charge >= 0.3 is 5.97 Å². The number of rotatable bonds is 6. The third-order valence-corrected chi connectivity index (χ3v) is 4.00. The van der Waals surface area contributed by atoms with Crippen LogP contribution in [0.5, 0.6) is 11.5 Å². The summed E-state index contributed by atoms with van der Waals surface area (Å²) in [4.78, 5) is 12.2. The third kappa shape index (κ3) is 5.88. The highest BCUT2D eigenvalue weighted by molar-refractivity contribution is 7.80. The lowest BCUT2D eigenvalue weighted by atomic mass is 10.2. The molecule has 146 valence electrons. The number of anilines is 1. The Labute approximate surface area is 174 Å². The Morgan fingerprint density at radius 1 is 0.966 bits per heavy atom. The summed E-state index contributed by atoms with van der Waals surface area (Å²) < 4.78 is 10.8. The van der Waals surface area contributed by atoms with Crippen molar-refractivity contribution in [3.63, 3.8) is 0 Å². The Hall–Kier alpha value is -3.71. The number of ether oxygens (including phenoxy) is 2. The molecule has 6 nitrogen and oxygen atoms in total. The second-order valence-electron chi connectivity index (χ2n) is 5.86. The number of carbonyl (C=O) groups is 1. The van der Waals surface area contributed by atoms with E-state index in [0.29, 0.717) is 22.2 Å². The molecule has 3 aromatic rings. The maximum absolute atomic E-state index is 12.2. The van der Waals surface area contributed by atoms with Crippen molar-refractivity contribution in [1.82, 2.24) is 5.43 Å². The Bertz CT molecular complexity index is 1010. The van der Waals surface area contributed by atoms with Crippen LogP contribution in [-0.4, -0.2) is 24.4 Å². The molecule has 0 amide bonds. The van der Waals surface area contributed by atoms with Crippen LogP contribution in [0.2, 0.25) is 0 Å². The molecule has 0 fully saturated rings. The first kappa shape index (κ1) is 20.0. The summed E-state index contributed by atoms with van der Waals surface area (Å²) in [5.41, 5.74) is 4.82. The van der Waals surface area contributed by atoms with E-state index in [1.807, 2.05) is 36.4 Å². The number of esters is 1. The first-order valence-electron chi connectivity index (χ1n) is 8.76. The largest absolute Gasteiger partial charge is 0.493 e. The molecule has 7 heteroatoms. The van der Waals surface area contributed by atoms with Gasteiger partial charge in [0.05, 0.1) is 18.9 Å². The maximum atomic E-state index is 12.2. The minimum Gasteiger partial charge on any atom is -0.493 e. The number of carbonyl (C=O) groups excluding carboxylic acids is 1. The number of nitrogens with zero attached hydrogens (tertiary/aromatic N) is 1. The van der Waals surface area contributed by atoms with E-state index in [0.717, 1.165) is 11.3 Å². The average molecular weight is 405 g/mol. The average Bonchev–Trinajstić information content (AvgIpc) is 2.76. The van der Waals surface area contributed by atoms with Crippen molar-refractivity contribution in [3.05, 3.63) is 90.0 Å². The second kappa shape index (κ2) is 10.0. The minimum absolute atomic E-state index is 0.327. The lowest BCUT2D eigenvalue weighted by molar-refractivity contribution is 0.0729. The summed E-state index contributed by atoms with van der Waals surface area (Å²) in [6.07, 6.45) is 1.59. The van der Waals surface area contributed by atoms with E-state index < -0.39 is 5.97 Å². The van der Waals surface area contributed by atoms with Gasteiger partial charge in [-0.15, -0.1) is 0 Å². The van der Waals surface area contributed by atoms with Gasteiger partial charge in [-0.25, -0.2) is 4.79 Å². The van der Waals surface area contributed by atoms with E-state index in [1.165, 1.54) is 7.11 Å². The van der Waals surface area contributed by atoms with Crippen molar-refractivity contribution in [2.75, 3.05) is 12.4 Å².